The van der Waals surface area contributed by atoms with Crippen LogP contribution in [0, 0.1) is 22.7 Å². The monoisotopic (exact) mass is 377 g/mol. The highest BCUT2D eigenvalue weighted by Crippen LogP contribution is 2.41. The Hall–Kier alpha value is -0.590. The van der Waals surface area contributed by atoms with Crippen LogP contribution in [0.2, 0.25) is 0 Å². The van der Waals surface area contributed by atoms with Crippen molar-refractivity contribution in [2.45, 2.75) is 129 Å². The molecule has 0 aromatic rings. The summed E-state index contributed by atoms with van der Waals surface area (Å²) in [7, 11) is 0. The van der Waals surface area contributed by atoms with E-state index in [1.807, 2.05) is 0 Å². The van der Waals surface area contributed by atoms with E-state index in [1.165, 1.54) is 70.6 Å². The van der Waals surface area contributed by atoms with E-state index in [2.05, 4.69) is 19.9 Å². The van der Waals surface area contributed by atoms with Crippen molar-refractivity contribution in [1.29, 1.82) is 5.26 Å². The Kier molecular flexibility index (Phi) is 10.7. The molecule has 0 aromatic heterocycles. The van der Waals surface area contributed by atoms with Gasteiger partial charge >= 0.3 is 0 Å². The first-order chi connectivity index (χ1) is 13.2. The van der Waals surface area contributed by atoms with Gasteiger partial charge in [-0.2, -0.15) is 5.26 Å². The lowest BCUT2D eigenvalue weighted by atomic mass is 9.71. The van der Waals surface area contributed by atoms with Crippen LogP contribution in [0.25, 0.3) is 0 Å². The van der Waals surface area contributed by atoms with Crippen molar-refractivity contribution in [2.24, 2.45) is 11.3 Å². The molecule has 2 rings (SSSR count). The number of hydrogen-bond acceptors (Lipinski definition) is 3. The first kappa shape index (κ1) is 22.7. The molecule has 0 saturated heterocycles. The van der Waals surface area contributed by atoms with Crippen LogP contribution in [0.3, 0.4) is 0 Å². The van der Waals surface area contributed by atoms with E-state index in [0.29, 0.717) is 19.0 Å². The van der Waals surface area contributed by atoms with Crippen LogP contribution in [0.15, 0.2) is 0 Å². The average molecular weight is 378 g/mol. The van der Waals surface area contributed by atoms with Gasteiger partial charge < -0.3 is 9.47 Å². The molecule has 0 atom stereocenters. The van der Waals surface area contributed by atoms with Gasteiger partial charge in [0, 0.05) is 0 Å². The molecule has 156 valence electrons. The fourth-order valence-corrected chi connectivity index (χ4v) is 5.02. The molecule has 3 nitrogen and oxygen atoms in total. The van der Waals surface area contributed by atoms with Crippen LogP contribution in [-0.4, -0.2) is 19.0 Å². The molecule has 0 heterocycles. The quantitative estimate of drug-likeness (QED) is 0.268. The Morgan fingerprint density at radius 1 is 0.815 bits per heavy atom. The number of nitrogens with zero attached hydrogens (tertiary/aromatic N) is 1. The van der Waals surface area contributed by atoms with Gasteiger partial charge in [-0.3, -0.25) is 0 Å². The van der Waals surface area contributed by atoms with Crippen LogP contribution < -0.4 is 0 Å². The first-order valence-corrected chi connectivity index (χ1v) is 11.9. The van der Waals surface area contributed by atoms with Gasteiger partial charge in [-0.15, -0.1) is 0 Å². The lowest BCUT2D eigenvalue weighted by Crippen LogP contribution is -2.31. The molecular weight excluding hydrogens is 334 g/mol. The maximum absolute atomic E-state index is 9.72. The molecule has 0 amide bonds. The lowest BCUT2D eigenvalue weighted by Gasteiger charge is -2.35. The summed E-state index contributed by atoms with van der Waals surface area (Å²) in [4.78, 5) is 0. The molecule has 0 bridgehead atoms. The minimum atomic E-state index is -0.0788. The number of hydrogen-bond donors (Lipinski definition) is 0. The van der Waals surface area contributed by atoms with Crippen molar-refractivity contribution in [3.8, 4) is 6.07 Å². The van der Waals surface area contributed by atoms with Crippen molar-refractivity contribution in [1.82, 2.24) is 0 Å². The molecule has 0 unspecified atom stereocenters. The third-order valence-corrected chi connectivity index (χ3v) is 6.98. The summed E-state index contributed by atoms with van der Waals surface area (Å²) >= 11 is 0. The van der Waals surface area contributed by atoms with Crippen molar-refractivity contribution in [3.05, 3.63) is 0 Å². The van der Waals surface area contributed by atoms with Gasteiger partial charge in [0.1, 0.15) is 6.79 Å². The van der Waals surface area contributed by atoms with Gasteiger partial charge in [-0.05, 0) is 63.7 Å². The second kappa shape index (κ2) is 12.8. The zero-order chi connectivity index (χ0) is 19.4. The Morgan fingerprint density at radius 2 is 1.44 bits per heavy atom. The van der Waals surface area contributed by atoms with Gasteiger partial charge in [0.25, 0.3) is 0 Å². The number of rotatable bonds is 12. The van der Waals surface area contributed by atoms with Crippen LogP contribution in [0.5, 0.6) is 0 Å². The summed E-state index contributed by atoms with van der Waals surface area (Å²) in [6, 6.07) is 2.66. The molecule has 0 radical (unpaired) electrons. The molecule has 2 aliphatic rings. The van der Waals surface area contributed by atoms with E-state index < -0.39 is 0 Å². The van der Waals surface area contributed by atoms with Gasteiger partial charge in [0.15, 0.2) is 0 Å². The van der Waals surface area contributed by atoms with Gasteiger partial charge in [-0.1, -0.05) is 58.8 Å². The van der Waals surface area contributed by atoms with E-state index in [4.69, 9.17) is 9.47 Å². The maximum atomic E-state index is 9.72. The van der Waals surface area contributed by atoms with Crippen molar-refractivity contribution >= 4 is 0 Å². The molecule has 0 spiro atoms. The predicted molar refractivity (Wildman–Crippen MR) is 111 cm³/mol. The Labute approximate surface area is 168 Å². The second-order valence-corrected chi connectivity index (χ2v) is 9.14. The molecule has 0 aromatic carbocycles. The second-order valence-electron chi connectivity index (χ2n) is 9.14. The Balaban J connectivity index is 1.56. The van der Waals surface area contributed by atoms with Crippen LogP contribution in [0.4, 0.5) is 0 Å². The van der Waals surface area contributed by atoms with Crippen molar-refractivity contribution in [2.75, 3.05) is 6.79 Å². The summed E-state index contributed by atoms with van der Waals surface area (Å²) in [5.74, 6) is 0.926. The highest BCUT2D eigenvalue weighted by atomic mass is 16.7. The van der Waals surface area contributed by atoms with Crippen LogP contribution in [-0.2, 0) is 9.47 Å². The van der Waals surface area contributed by atoms with Crippen LogP contribution in [0.1, 0.15) is 117 Å². The van der Waals surface area contributed by atoms with Gasteiger partial charge in [0.05, 0.1) is 23.7 Å². The standard InChI is InChI=1S/C24H43NO2/c1-3-5-6-7-8-16-24(19-25)17-14-23(15-18-24)27-20-26-22-12-10-21(9-4-2)11-13-22/h21-23H,3-18,20H2,1-2H3. The smallest absolute Gasteiger partial charge is 0.147 e. The molecule has 0 N–H and O–H groups in total. The first-order valence-electron chi connectivity index (χ1n) is 11.9. The maximum Gasteiger partial charge on any atom is 0.147 e. The summed E-state index contributed by atoms with van der Waals surface area (Å²) in [5.41, 5.74) is -0.0788. The fraction of sp³-hybridized carbons (Fsp3) is 0.958. The molecular formula is C24H43NO2. The molecule has 2 fully saturated rings. The predicted octanol–water partition coefficient (Wildman–Crippen LogP) is 7.15. The molecule has 2 aliphatic carbocycles. The Morgan fingerprint density at radius 3 is 2.04 bits per heavy atom. The van der Waals surface area contributed by atoms with E-state index in [9.17, 15) is 5.26 Å². The minimum Gasteiger partial charge on any atom is -0.352 e. The van der Waals surface area contributed by atoms with E-state index in [1.54, 1.807) is 0 Å². The highest BCUT2D eigenvalue weighted by Gasteiger charge is 2.35. The SMILES string of the molecule is CCCCCCCC1(C#N)CCC(OCOC2CCC(CCC)CC2)CC1. The summed E-state index contributed by atoms with van der Waals surface area (Å²) in [6.45, 7) is 4.98. The zero-order valence-electron chi connectivity index (χ0n) is 18.0. The van der Waals surface area contributed by atoms with Crippen LogP contribution >= 0.6 is 0 Å². The summed E-state index contributed by atoms with van der Waals surface area (Å²) < 4.78 is 12.0. The van der Waals surface area contributed by atoms with E-state index in [-0.39, 0.29) is 5.41 Å². The molecule has 27 heavy (non-hydrogen) atoms. The Bertz CT molecular complexity index is 415. The van der Waals surface area contributed by atoms with E-state index >= 15 is 0 Å². The largest absolute Gasteiger partial charge is 0.352 e. The van der Waals surface area contributed by atoms with E-state index in [0.717, 1.165) is 38.0 Å². The number of unbranched alkanes of at least 4 members (excludes halogenated alkanes) is 4. The third kappa shape index (κ3) is 8.12. The minimum absolute atomic E-state index is 0.0788. The lowest BCUT2D eigenvalue weighted by molar-refractivity contribution is -0.137. The molecule has 3 heteroatoms. The molecule has 2 saturated carbocycles. The number of ether oxygens (including phenoxy) is 2. The normalized spacial score (nSPS) is 31.5. The van der Waals surface area contributed by atoms with Crippen molar-refractivity contribution in [3.63, 3.8) is 0 Å². The highest BCUT2D eigenvalue weighted by molar-refractivity contribution is 5.01. The van der Waals surface area contributed by atoms with Crippen molar-refractivity contribution < 1.29 is 9.47 Å². The zero-order valence-corrected chi connectivity index (χ0v) is 18.0. The average Bonchev–Trinajstić information content (AvgIpc) is 2.71. The summed E-state index contributed by atoms with van der Waals surface area (Å²) in [5, 5.41) is 9.72. The van der Waals surface area contributed by atoms with Gasteiger partial charge in [0.2, 0.25) is 0 Å². The number of nitriles is 1. The third-order valence-electron chi connectivity index (χ3n) is 6.98. The van der Waals surface area contributed by atoms with Gasteiger partial charge in [-0.25, -0.2) is 0 Å². The molecule has 0 aliphatic heterocycles. The summed E-state index contributed by atoms with van der Waals surface area (Å²) in [6.07, 6.45) is 20.0. The fourth-order valence-electron chi connectivity index (χ4n) is 5.02. The topological polar surface area (TPSA) is 42.2 Å².